The number of hydrogen-bond donors (Lipinski definition) is 3. The van der Waals surface area contributed by atoms with Crippen LogP contribution in [0.2, 0.25) is 0 Å². The van der Waals surface area contributed by atoms with Gasteiger partial charge in [0.25, 0.3) is 0 Å². The van der Waals surface area contributed by atoms with Crippen LogP contribution >= 0.6 is 0 Å². The van der Waals surface area contributed by atoms with Crippen molar-refractivity contribution < 1.29 is 24.5 Å². The van der Waals surface area contributed by atoms with E-state index >= 15 is 0 Å². The quantitative estimate of drug-likeness (QED) is 0.0322. The first kappa shape index (κ1) is 59.6. The second kappa shape index (κ2) is 51.2. The van der Waals surface area contributed by atoms with Crippen molar-refractivity contribution in [2.45, 2.75) is 315 Å². The molecule has 0 fully saturated rings. The molecule has 6 heteroatoms. The molecule has 0 saturated heterocycles. The van der Waals surface area contributed by atoms with Crippen LogP contribution < -0.4 is 5.32 Å². The van der Waals surface area contributed by atoms with Gasteiger partial charge in [0.05, 0.1) is 25.4 Å². The zero-order valence-corrected chi connectivity index (χ0v) is 41.2. The number of nitrogens with one attached hydrogen (secondary N) is 1. The highest BCUT2D eigenvalue weighted by Gasteiger charge is 2.20. The second-order valence-electron chi connectivity index (χ2n) is 18.9. The van der Waals surface area contributed by atoms with Crippen molar-refractivity contribution in [1.29, 1.82) is 0 Å². The molecule has 0 aliphatic carbocycles. The minimum atomic E-state index is -0.681. The molecule has 6 nitrogen and oxygen atoms in total. The van der Waals surface area contributed by atoms with E-state index in [0.717, 1.165) is 77.0 Å². The number of amides is 1. The van der Waals surface area contributed by atoms with Gasteiger partial charge in [-0.3, -0.25) is 9.59 Å². The van der Waals surface area contributed by atoms with Crippen LogP contribution in [-0.2, 0) is 14.3 Å². The second-order valence-corrected chi connectivity index (χ2v) is 18.9. The molecule has 0 aromatic heterocycles. The molecule has 61 heavy (non-hydrogen) atoms. The Bertz CT molecular complexity index is 909. The molecule has 0 aromatic carbocycles. The smallest absolute Gasteiger partial charge is 0.305 e. The third-order valence-corrected chi connectivity index (χ3v) is 12.8. The number of allylic oxidation sites excluding steroid dienone is 2. The van der Waals surface area contributed by atoms with Crippen LogP contribution in [-0.4, -0.2) is 47.4 Å². The van der Waals surface area contributed by atoms with Crippen LogP contribution in [0, 0.1) is 0 Å². The number of unbranched alkanes of at least 4 members (excludes halogenated alkanes) is 38. The summed E-state index contributed by atoms with van der Waals surface area (Å²) in [5.41, 5.74) is 0. The third kappa shape index (κ3) is 47.9. The molecule has 0 radical (unpaired) electrons. The van der Waals surface area contributed by atoms with E-state index in [1.807, 2.05) is 0 Å². The first-order valence-electron chi connectivity index (χ1n) is 27.4. The minimum absolute atomic E-state index is 0.0271. The lowest BCUT2D eigenvalue weighted by atomic mass is 10.0. The van der Waals surface area contributed by atoms with E-state index in [-0.39, 0.29) is 18.5 Å². The minimum Gasteiger partial charge on any atom is -0.466 e. The Morgan fingerprint density at radius 3 is 1.16 bits per heavy atom. The van der Waals surface area contributed by atoms with E-state index in [1.54, 1.807) is 0 Å². The van der Waals surface area contributed by atoms with Gasteiger partial charge in [0.1, 0.15) is 0 Å². The number of aliphatic hydroxyl groups is 2. The van der Waals surface area contributed by atoms with E-state index in [4.69, 9.17) is 4.74 Å². The number of hydrogen-bond acceptors (Lipinski definition) is 5. The molecule has 0 aliphatic rings. The summed E-state index contributed by atoms with van der Waals surface area (Å²) >= 11 is 0. The Labute approximate surface area is 380 Å². The summed E-state index contributed by atoms with van der Waals surface area (Å²) in [5.74, 6) is -0.0886. The predicted octanol–water partition coefficient (Wildman–Crippen LogP) is 16.5. The topological polar surface area (TPSA) is 95.9 Å². The molecule has 0 aromatic rings. The molecule has 0 bridgehead atoms. The molecule has 0 aliphatic heterocycles. The van der Waals surface area contributed by atoms with Gasteiger partial charge in [-0.2, -0.15) is 0 Å². The monoisotopic (exact) mass is 862 g/mol. The highest BCUT2D eigenvalue weighted by molar-refractivity contribution is 5.76. The Morgan fingerprint density at radius 2 is 0.770 bits per heavy atom. The highest BCUT2D eigenvalue weighted by atomic mass is 16.5. The number of aliphatic hydroxyl groups excluding tert-OH is 2. The average Bonchev–Trinajstić information content (AvgIpc) is 3.26. The zero-order chi connectivity index (χ0) is 44.4. The van der Waals surface area contributed by atoms with Crippen molar-refractivity contribution in [1.82, 2.24) is 5.32 Å². The summed E-state index contributed by atoms with van der Waals surface area (Å²) in [7, 11) is 0. The van der Waals surface area contributed by atoms with Crippen LogP contribution in [0.5, 0.6) is 0 Å². The molecule has 362 valence electrons. The molecule has 0 heterocycles. The van der Waals surface area contributed by atoms with Crippen molar-refractivity contribution in [3.05, 3.63) is 12.2 Å². The van der Waals surface area contributed by atoms with E-state index in [1.165, 1.54) is 193 Å². The lowest BCUT2D eigenvalue weighted by Crippen LogP contribution is -2.45. The summed E-state index contributed by atoms with van der Waals surface area (Å²) in [5, 5.41) is 23.2. The highest BCUT2D eigenvalue weighted by Crippen LogP contribution is 2.17. The van der Waals surface area contributed by atoms with Crippen LogP contribution in [0.3, 0.4) is 0 Å². The number of esters is 1. The van der Waals surface area contributed by atoms with Gasteiger partial charge < -0.3 is 20.3 Å². The van der Waals surface area contributed by atoms with Crippen LogP contribution in [0.1, 0.15) is 303 Å². The maximum absolute atomic E-state index is 12.5. The lowest BCUT2D eigenvalue weighted by molar-refractivity contribution is -0.143. The normalized spacial score (nSPS) is 12.7. The van der Waals surface area contributed by atoms with Crippen molar-refractivity contribution in [3.8, 4) is 0 Å². The number of ether oxygens (including phenoxy) is 1. The molecule has 1 amide bonds. The summed E-state index contributed by atoms with van der Waals surface area (Å²) in [6.45, 7) is 4.90. The molecule has 0 rings (SSSR count). The van der Waals surface area contributed by atoms with Gasteiger partial charge in [0.2, 0.25) is 5.91 Å². The fraction of sp³-hybridized carbons (Fsp3) is 0.927. The van der Waals surface area contributed by atoms with Gasteiger partial charge in [0.15, 0.2) is 0 Å². The van der Waals surface area contributed by atoms with E-state index < -0.39 is 12.1 Å². The Balaban J connectivity index is 3.49. The average molecular weight is 862 g/mol. The molecular formula is C55H107NO5. The van der Waals surface area contributed by atoms with E-state index in [9.17, 15) is 19.8 Å². The van der Waals surface area contributed by atoms with Crippen molar-refractivity contribution in [2.24, 2.45) is 0 Å². The van der Waals surface area contributed by atoms with Gasteiger partial charge in [-0.05, 0) is 51.4 Å². The molecular weight excluding hydrogens is 755 g/mol. The summed E-state index contributed by atoms with van der Waals surface area (Å²) in [6, 6.07) is -0.561. The van der Waals surface area contributed by atoms with Crippen molar-refractivity contribution >= 4 is 11.9 Å². The molecule has 2 unspecified atom stereocenters. The molecule has 0 spiro atoms. The Morgan fingerprint density at radius 1 is 0.443 bits per heavy atom. The first-order chi connectivity index (χ1) is 30.0. The fourth-order valence-corrected chi connectivity index (χ4v) is 8.58. The predicted molar refractivity (Wildman–Crippen MR) is 264 cm³/mol. The van der Waals surface area contributed by atoms with Gasteiger partial charge in [-0.1, -0.05) is 251 Å². The van der Waals surface area contributed by atoms with Gasteiger partial charge in [-0.15, -0.1) is 0 Å². The van der Waals surface area contributed by atoms with Crippen LogP contribution in [0.4, 0.5) is 0 Å². The van der Waals surface area contributed by atoms with Crippen LogP contribution in [0.15, 0.2) is 12.2 Å². The first-order valence-corrected chi connectivity index (χ1v) is 27.4. The maximum Gasteiger partial charge on any atom is 0.305 e. The zero-order valence-electron chi connectivity index (χ0n) is 41.2. The van der Waals surface area contributed by atoms with E-state index in [2.05, 4.69) is 31.3 Å². The van der Waals surface area contributed by atoms with Crippen molar-refractivity contribution in [3.63, 3.8) is 0 Å². The van der Waals surface area contributed by atoms with Gasteiger partial charge in [-0.25, -0.2) is 0 Å². The maximum atomic E-state index is 12.5. The van der Waals surface area contributed by atoms with E-state index in [0.29, 0.717) is 25.9 Å². The van der Waals surface area contributed by atoms with Gasteiger partial charge in [0, 0.05) is 12.8 Å². The molecule has 2 atom stereocenters. The summed E-state index contributed by atoms with van der Waals surface area (Å²) in [4.78, 5) is 24.5. The Hall–Kier alpha value is -1.40. The largest absolute Gasteiger partial charge is 0.466 e. The lowest BCUT2D eigenvalue weighted by Gasteiger charge is -2.22. The Kier molecular flexibility index (Phi) is 50.1. The third-order valence-electron chi connectivity index (χ3n) is 12.8. The number of carbonyl (C=O) groups is 2. The SMILES string of the molecule is CCCCCCCCCCCCCCCCCCCC(O)C(CO)NC(=O)CCCCCCC/C=C\CCCCOC(=O)CCCCCCCCCCCCCCCCCC. The summed E-state index contributed by atoms with van der Waals surface area (Å²) in [6.07, 6.45) is 59.1. The summed E-state index contributed by atoms with van der Waals surface area (Å²) < 4.78 is 5.45. The molecule has 3 N–H and O–H groups in total. The van der Waals surface area contributed by atoms with Crippen LogP contribution in [0.25, 0.3) is 0 Å². The number of rotatable bonds is 51. The standard InChI is InChI=1S/C55H107NO5/c1-3-5-7-9-11-13-15-17-19-21-22-24-27-31-35-39-43-47-53(58)52(51-57)56-54(59)48-44-40-36-32-28-26-30-34-38-42-46-50-61-55(60)49-45-41-37-33-29-25-23-20-18-16-14-12-10-8-6-4-2/h30,34,52-53,57-58H,3-29,31-33,35-51H2,1-2H3,(H,56,59)/b34-30-. The van der Waals surface area contributed by atoms with Gasteiger partial charge >= 0.3 is 5.97 Å². The fourth-order valence-electron chi connectivity index (χ4n) is 8.58. The van der Waals surface area contributed by atoms with Crippen molar-refractivity contribution in [2.75, 3.05) is 13.2 Å². The molecule has 0 saturated carbocycles. The number of carbonyl (C=O) groups excluding carboxylic acids is 2.